The van der Waals surface area contributed by atoms with E-state index in [1.54, 1.807) is 24.8 Å². The van der Waals surface area contributed by atoms with Crippen molar-refractivity contribution in [1.82, 2.24) is 14.7 Å². The fourth-order valence-corrected chi connectivity index (χ4v) is 4.62. The van der Waals surface area contributed by atoms with E-state index in [0.29, 0.717) is 35.8 Å². The van der Waals surface area contributed by atoms with Gasteiger partial charge in [-0.1, -0.05) is 12.5 Å². The standard InChI is InChI=1S/C24H31FN4O4S/c1-14(2)17(5)23(30)29-16(4)12-21(26-29)22-11-15(3)9-10-28(22)24(31)19-13-18(25)7-8-20(19)27-34(6,32)33/h7-8,12-13,15,22,27H,9-11H2,1-6H3/t15-,22-/m1/s1. The zero-order valence-corrected chi connectivity index (χ0v) is 21.2. The van der Waals surface area contributed by atoms with Crippen LogP contribution in [0.25, 0.3) is 0 Å². The summed E-state index contributed by atoms with van der Waals surface area (Å²) >= 11 is 0. The van der Waals surface area contributed by atoms with Crippen LogP contribution in [0.15, 0.2) is 35.4 Å². The number of benzene rings is 1. The summed E-state index contributed by atoms with van der Waals surface area (Å²) in [6, 6.07) is 4.73. The molecule has 0 bridgehead atoms. The molecule has 1 aliphatic rings. The summed E-state index contributed by atoms with van der Waals surface area (Å²) < 4.78 is 41.3. The number of amides is 1. The van der Waals surface area contributed by atoms with Gasteiger partial charge in [0, 0.05) is 17.8 Å². The quantitative estimate of drug-likeness (QED) is 0.630. The van der Waals surface area contributed by atoms with Gasteiger partial charge in [0.25, 0.3) is 11.8 Å². The number of likely N-dealkylation sites (tertiary alicyclic amines) is 1. The Bertz CT molecular complexity index is 1260. The Morgan fingerprint density at radius 3 is 2.47 bits per heavy atom. The van der Waals surface area contributed by atoms with E-state index < -0.39 is 27.8 Å². The van der Waals surface area contributed by atoms with E-state index in [1.165, 1.54) is 10.7 Å². The summed E-state index contributed by atoms with van der Waals surface area (Å²) in [5.74, 6) is -1.07. The highest BCUT2D eigenvalue weighted by atomic mass is 32.2. The molecule has 184 valence electrons. The highest BCUT2D eigenvalue weighted by Crippen LogP contribution is 2.36. The second kappa shape index (κ2) is 9.69. The first-order valence-electron chi connectivity index (χ1n) is 11.1. The van der Waals surface area contributed by atoms with Gasteiger partial charge in [0.05, 0.1) is 29.2 Å². The van der Waals surface area contributed by atoms with Crippen molar-refractivity contribution in [3.8, 4) is 0 Å². The van der Waals surface area contributed by atoms with Crippen LogP contribution in [0, 0.1) is 18.7 Å². The smallest absolute Gasteiger partial charge is 0.273 e. The lowest BCUT2D eigenvalue weighted by Crippen LogP contribution is -2.41. The lowest BCUT2D eigenvalue weighted by Gasteiger charge is -2.38. The average molecular weight is 491 g/mol. The van der Waals surface area contributed by atoms with Crippen molar-refractivity contribution >= 4 is 27.5 Å². The number of aromatic nitrogens is 2. The van der Waals surface area contributed by atoms with Gasteiger partial charge in [-0.25, -0.2) is 17.5 Å². The van der Waals surface area contributed by atoms with Crippen molar-refractivity contribution in [2.24, 2.45) is 5.92 Å². The number of halogens is 1. The molecule has 0 aliphatic carbocycles. The second-order valence-corrected chi connectivity index (χ2v) is 11.0. The van der Waals surface area contributed by atoms with Crippen molar-refractivity contribution in [3.05, 3.63) is 58.2 Å². The molecular weight excluding hydrogens is 459 g/mol. The van der Waals surface area contributed by atoms with E-state index in [9.17, 15) is 22.4 Å². The van der Waals surface area contributed by atoms with E-state index in [4.69, 9.17) is 0 Å². The SMILES string of the molecule is CC(C)=C(C)C(=O)n1nc([C@H]2C[C@H](C)CCN2C(=O)c2cc(F)ccc2NS(C)(=O)=O)cc1C. The second-order valence-electron chi connectivity index (χ2n) is 9.26. The van der Waals surface area contributed by atoms with Gasteiger partial charge in [-0.3, -0.25) is 14.3 Å². The zero-order valence-electron chi connectivity index (χ0n) is 20.3. The third kappa shape index (κ3) is 5.55. The van der Waals surface area contributed by atoms with E-state index in [2.05, 4.69) is 16.7 Å². The van der Waals surface area contributed by atoms with Gasteiger partial charge in [0.15, 0.2) is 0 Å². The molecule has 10 heteroatoms. The molecule has 0 spiro atoms. The van der Waals surface area contributed by atoms with Gasteiger partial charge < -0.3 is 4.90 Å². The van der Waals surface area contributed by atoms with Crippen LogP contribution in [0.3, 0.4) is 0 Å². The summed E-state index contributed by atoms with van der Waals surface area (Å²) in [6.07, 6.45) is 2.32. The number of carbonyl (C=O) groups is 2. The molecule has 2 atom stereocenters. The first-order chi connectivity index (χ1) is 15.8. The molecule has 34 heavy (non-hydrogen) atoms. The minimum Gasteiger partial charge on any atom is -0.330 e. The number of carbonyl (C=O) groups excluding carboxylic acids is 2. The Morgan fingerprint density at radius 1 is 1.18 bits per heavy atom. The summed E-state index contributed by atoms with van der Waals surface area (Å²) in [7, 11) is -3.68. The lowest BCUT2D eigenvalue weighted by atomic mass is 9.90. The summed E-state index contributed by atoms with van der Waals surface area (Å²) in [5, 5.41) is 4.55. The van der Waals surface area contributed by atoms with Crippen LogP contribution in [0.4, 0.5) is 10.1 Å². The summed E-state index contributed by atoms with van der Waals surface area (Å²) in [4.78, 5) is 28.1. The maximum Gasteiger partial charge on any atom is 0.273 e. The number of rotatable bonds is 5. The molecule has 2 heterocycles. The van der Waals surface area contributed by atoms with E-state index >= 15 is 0 Å². The number of hydrogen-bond acceptors (Lipinski definition) is 5. The number of nitrogens with one attached hydrogen (secondary N) is 1. The highest BCUT2D eigenvalue weighted by Gasteiger charge is 2.35. The van der Waals surface area contributed by atoms with Crippen molar-refractivity contribution < 1.29 is 22.4 Å². The van der Waals surface area contributed by atoms with Gasteiger partial charge in [-0.2, -0.15) is 5.10 Å². The fourth-order valence-electron chi connectivity index (χ4n) is 4.04. The predicted octanol–water partition coefficient (Wildman–Crippen LogP) is 4.31. The Kier molecular flexibility index (Phi) is 7.30. The molecule has 2 aromatic rings. The average Bonchev–Trinajstić information content (AvgIpc) is 3.13. The molecule has 8 nitrogen and oxygen atoms in total. The Hall–Kier alpha value is -3.01. The van der Waals surface area contributed by atoms with Crippen LogP contribution in [0.5, 0.6) is 0 Å². The molecule has 0 radical (unpaired) electrons. The van der Waals surface area contributed by atoms with Crippen LogP contribution in [-0.2, 0) is 10.0 Å². The van der Waals surface area contributed by atoms with Crippen molar-refractivity contribution in [3.63, 3.8) is 0 Å². The molecule has 1 aromatic heterocycles. The van der Waals surface area contributed by atoms with Gasteiger partial charge in [0.2, 0.25) is 10.0 Å². The number of aryl methyl sites for hydroxylation is 1. The Balaban J connectivity index is 2.03. The van der Waals surface area contributed by atoms with Gasteiger partial charge in [-0.05, 0) is 70.7 Å². The minimum atomic E-state index is -3.68. The van der Waals surface area contributed by atoms with Crippen LogP contribution >= 0.6 is 0 Å². The van der Waals surface area contributed by atoms with Crippen LogP contribution in [-0.4, -0.2) is 47.7 Å². The van der Waals surface area contributed by atoms with Crippen molar-refractivity contribution in [2.45, 2.75) is 53.5 Å². The molecule has 0 saturated carbocycles. The number of allylic oxidation sites excluding steroid dienone is 2. The predicted molar refractivity (Wildman–Crippen MR) is 129 cm³/mol. The fraction of sp³-hybridized carbons (Fsp3) is 0.458. The largest absolute Gasteiger partial charge is 0.330 e. The topological polar surface area (TPSA) is 101 Å². The molecule has 1 saturated heterocycles. The van der Waals surface area contributed by atoms with E-state index in [0.717, 1.165) is 30.4 Å². The number of hydrogen-bond donors (Lipinski definition) is 1. The molecule has 3 rings (SSSR count). The molecular formula is C24H31FN4O4S. The van der Waals surface area contributed by atoms with Crippen molar-refractivity contribution in [2.75, 3.05) is 17.5 Å². The molecule has 1 amide bonds. The van der Waals surface area contributed by atoms with Crippen LogP contribution < -0.4 is 4.72 Å². The van der Waals surface area contributed by atoms with Crippen molar-refractivity contribution in [1.29, 1.82) is 0 Å². The van der Waals surface area contributed by atoms with Gasteiger partial charge in [-0.15, -0.1) is 0 Å². The summed E-state index contributed by atoms with van der Waals surface area (Å²) in [6.45, 7) is 9.72. The normalized spacial score (nSPS) is 18.5. The van der Waals surface area contributed by atoms with E-state index in [1.807, 2.05) is 13.8 Å². The number of nitrogens with zero attached hydrogens (tertiary/aromatic N) is 3. The maximum absolute atomic E-state index is 14.1. The minimum absolute atomic E-state index is 0.0161. The number of piperidine rings is 1. The monoisotopic (exact) mass is 490 g/mol. The third-order valence-corrected chi connectivity index (χ3v) is 6.73. The lowest BCUT2D eigenvalue weighted by molar-refractivity contribution is 0.0552. The number of sulfonamides is 1. The molecule has 0 unspecified atom stereocenters. The first-order valence-corrected chi connectivity index (χ1v) is 13.0. The molecule has 1 aromatic carbocycles. The van der Waals surface area contributed by atoms with Gasteiger partial charge >= 0.3 is 0 Å². The van der Waals surface area contributed by atoms with Crippen LogP contribution in [0.2, 0.25) is 0 Å². The molecule has 1 N–H and O–H groups in total. The van der Waals surface area contributed by atoms with Gasteiger partial charge in [0.1, 0.15) is 5.82 Å². The number of anilines is 1. The molecule has 1 aliphatic heterocycles. The highest BCUT2D eigenvalue weighted by molar-refractivity contribution is 7.92. The van der Waals surface area contributed by atoms with E-state index in [-0.39, 0.29) is 17.2 Å². The zero-order chi connectivity index (χ0) is 25.4. The van der Waals surface area contributed by atoms with Crippen LogP contribution in [0.1, 0.15) is 73.1 Å². The third-order valence-electron chi connectivity index (χ3n) is 6.14. The first kappa shape index (κ1) is 25.6. The maximum atomic E-state index is 14.1. The molecule has 1 fully saturated rings. The Morgan fingerprint density at radius 2 is 1.85 bits per heavy atom. The Labute approximate surface area is 199 Å². The summed E-state index contributed by atoms with van der Waals surface area (Å²) in [5.41, 5.74) is 2.65.